The minimum atomic E-state index is -3.86. The first-order chi connectivity index (χ1) is 22.4. The van der Waals surface area contributed by atoms with Crippen LogP contribution in [0, 0.1) is 11.6 Å². The molecule has 1 aliphatic rings. The van der Waals surface area contributed by atoms with Crippen LogP contribution in [0.4, 0.5) is 13.6 Å². The lowest BCUT2D eigenvalue weighted by atomic mass is 10.0. The molecule has 3 rings (SSSR count). The van der Waals surface area contributed by atoms with Crippen molar-refractivity contribution >= 4 is 21.9 Å². The summed E-state index contributed by atoms with van der Waals surface area (Å²) >= 11 is 0. The molecule has 1 heterocycles. The lowest BCUT2D eigenvalue weighted by Crippen LogP contribution is -2.52. The van der Waals surface area contributed by atoms with E-state index in [1.54, 1.807) is 0 Å². The average Bonchev–Trinajstić information content (AvgIpc) is 3.52. The van der Waals surface area contributed by atoms with Crippen LogP contribution in [0.5, 0.6) is 0 Å². The Labute approximate surface area is 277 Å². The number of sulfone groups is 1. The van der Waals surface area contributed by atoms with Crippen molar-refractivity contribution in [2.45, 2.75) is 102 Å². The lowest BCUT2D eigenvalue weighted by molar-refractivity contribution is -0.151. The van der Waals surface area contributed by atoms with Gasteiger partial charge in [0.2, 0.25) is 0 Å². The SMILES string of the molecule is CCCC(CCC)S(=O)(=O)CC(NC(=O)O[C@@H]1CCOC1)C(=O)O[C@H](CNCc1cccc(CC)c1)[C@@H](N)Cc1cc(F)cc(F)c1. The molecule has 0 aromatic heterocycles. The van der Waals surface area contributed by atoms with E-state index >= 15 is 0 Å². The molecule has 0 bridgehead atoms. The average molecular weight is 682 g/mol. The highest BCUT2D eigenvalue weighted by Gasteiger charge is 2.36. The smallest absolute Gasteiger partial charge is 0.408 e. The van der Waals surface area contributed by atoms with Gasteiger partial charge in [-0.05, 0) is 54.5 Å². The first-order valence-electron chi connectivity index (χ1n) is 16.4. The van der Waals surface area contributed by atoms with Crippen molar-refractivity contribution in [3.8, 4) is 0 Å². The van der Waals surface area contributed by atoms with Gasteiger partial charge in [0, 0.05) is 31.6 Å². The molecule has 0 radical (unpaired) electrons. The van der Waals surface area contributed by atoms with Crippen LogP contribution in [-0.4, -0.2) is 75.5 Å². The van der Waals surface area contributed by atoms with Gasteiger partial charge in [0.1, 0.15) is 29.9 Å². The number of aryl methyl sites for hydroxylation is 1. The highest BCUT2D eigenvalue weighted by molar-refractivity contribution is 7.92. The van der Waals surface area contributed by atoms with Crippen LogP contribution in [-0.2, 0) is 48.2 Å². The van der Waals surface area contributed by atoms with Crippen LogP contribution in [0.1, 0.15) is 69.6 Å². The maximum atomic E-state index is 14.0. The zero-order valence-corrected chi connectivity index (χ0v) is 28.3. The third-order valence-corrected chi connectivity index (χ3v) is 10.4. The second-order valence-electron chi connectivity index (χ2n) is 12.0. The number of nitrogens with one attached hydrogen (secondary N) is 2. The molecule has 4 atom stereocenters. The maximum absolute atomic E-state index is 14.0. The second kappa shape index (κ2) is 19.0. The normalized spacial score (nSPS) is 16.9. The van der Waals surface area contributed by atoms with Crippen LogP contribution in [0.3, 0.4) is 0 Å². The Morgan fingerprint density at radius 3 is 2.32 bits per heavy atom. The molecule has 1 saturated heterocycles. The predicted octanol–water partition coefficient (Wildman–Crippen LogP) is 4.37. The van der Waals surface area contributed by atoms with E-state index in [4.69, 9.17) is 19.9 Å². The Kier molecular flexibility index (Phi) is 15.5. The van der Waals surface area contributed by atoms with E-state index in [0.717, 1.165) is 35.7 Å². The number of rotatable bonds is 19. The topological polar surface area (TPSA) is 146 Å². The lowest BCUT2D eigenvalue weighted by Gasteiger charge is -2.28. The van der Waals surface area contributed by atoms with Gasteiger partial charge in [0.25, 0.3) is 0 Å². The quantitative estimate of drug-likeness (QED) is 0.184. The van der Waals surface area contributed by atoms with Gasteiger partial charge < -0.3 is 30.6 Å². The Morgan fingerprint density at radius 1 is 1.02 bits per heavy atom. The number of benzene rings is 2. The van der Waals surface area contributed by atoms with E-state index in [-0.39, 0.29) is 25.1 Å². The van der Waals surface area contributed by atoms with Crippen molar-refractivity contribution in [2.24, 2.45) is 5.73 Å². The number of carbonyl (C=O) groups excluding carboxylic acids is 2. The van der Waals surface area contributed by atoms with Crippen molar-refractivity contribution in [3.63, 3.8) is 0 Å². The highest BCUT2D eigenvalue weighted by atomic mass is 32.2. The van der Waals surface area contributed by atoms with Gasteiger partial charge in [0.05, 0.1) is 24.2 Å². The van der Waals surface area contributed by atoms with Crippen molar-refractivity contribution in [2.75, 3.05) is 25.5 Å². The Balaban J connectivity index is 1.84. The summed E-state index contributed by atoms with van der Waals surface area (Å²) < 4.78 is 71.4. The molecule has 0 spiro atoms. The molecule has 2 aromatic carbocycles. The molecule has 47 heavy (non-hydrogen) atoms. The molecule has 1 fully saturated rings. The van der Waals surface area contributed by atoms with E-state index in [1.165, 1.54) is 0 Å². The summed E-state index contributed by atoms with van der Waals surface area (Å²) in [6.45, 7) is 6.86. The second-order valence-corrected chi connectivity index (χ2v) is 14.4. The molecule has 1 amide bonds. The van der Waals surface area contributed by atoms with Gasteiger partial charge >= 0.3 is 12.1 Å². The molecular weight excluding hydrogens is 632 g/mol. The third kappa shape index (κ3) is 12.8. The maximum Gasteiger partial charge on any atom is 0.408 e. The van der Waals surface area contributed by atoms with Crippen molar-refractivity contribution in [1.29, 1.82) is 0 Å². The van der Waals surface area contributed by atoms with Crippen molar-refractivity contribution in [3.05, 3.63) is 70.8 Å². The van der Waals surface area contributed by atoms with Crippen LogP contribution in [0.15, 0.2) is 42.5 Å². The summed E-state index contributed by atoms with van der Waals surface area (Å²) in [5.41, 5.74) is 8.87. The van der Waals surface area contributed by atoms with Crippen molar-refractivity contribution < 1.29 is 41.0 Å². The zero-order valence-electron chi connectivity index (χ0n) is 27.5. The highest BCUT2D eigenvalue weighted by Crippen LogP contribution is 2.19. The molecule has 262 valence electrons. The summed E-state index contributed by atoms with van der Waals surface area (Å²) in [6, 6.07) is 8.44. The molecular formula is C34H49F2N3O7S. The summed E-state index contributed by atoms with van der Waals surface area (Å²) in [7, 11) is -3.86. The third-order valence-electron chi connectivity index (χ3n) is 8.08. The minimum Gasteiger partial charge on any atom is -0.458 e. The Bertz CT molecular complexity index is 1380. The fraction of sp³-hybridized carbons (Fsp3) is 0.588. The van der Waals surface area contributed by atoms with Crippen LogP contribution < -0.4 is 16.4 Å². The molecule has 0 saturated carbocycles. The van der Waals surface area contributed by atoms with Crippen LogP contribution >= 0.6 is 0 Å². The van der Waals surface area contributed by atoms with Crippen LogP contribution in [0.25, 0.3) is 0 Å². The minimum absolute atomic E-state index is 0.0404. The summed E-state index contributed by atoms with van der Waals surface area (Å²) in [4.78, 5) is 26.6. The molecule has 13 heteroatoms. The number of hydrogen-bond acceptors (Lipinski definition) is 9. The number of esters is 1. The first-order valence-corrected chi connectivity index (χ1v) is 18.1. The Morgan fingerprint density at radius 2 is 1.70 bits per heavy atom. The van der Waals surface area contributed by atoms with Gasteiger partial charge in [-0.2, -0.15) is 0 Å². The fourth-order valence-corrected chi connectivity index (χ4v) is 7.73. The van der Waals surface area contributed by atoms with Crippen molar-refractivity contribution in [1.82, 2.24) is 10.6 Å². The van der Waals surface area contributed by atoms with E-state index in [1.807, 2.05) is 45.0 Å². The van der Waals surface area contributed by atoms with Gasteiger partial charge in [-0.3, -0.25) is 0 Å². The fourth-order valence-electron chi connectivity index (χ4n) is 5.58. The van der Waals surface area contributed by atoms with E-state index in [2.05, 4.69) is 10.6 Å². The summed E-state index contributed by atoms with van der Waals surface area (Å²) in [5.74, 6) is -3.25. The first kappa shape index (κ1) is 38.3. The number of carbonyl (C=O) groups is 2. The molecule has 2 aromatic rings. The predicted molar refractivity (Wildman–Crippen MR) is 175 cm³/mol. The standard InChI is InChI=1S/C34H49F2N3O7S/c1-4-8-29(9-5-2)47(42,43)22-31(39-34(41)45-28-12-13-44-21-28)33(40)46-32(20-38-19-24-11-7-10-23(6-3)14-24)30(37)17-25-15-26(35)18-27(36)16-25/h7,10-11,14-16,18,28-32,38H,4-6,8-9,12-13,17,19-22,37H2,1-3H3,(H,39,41)/t28-,30+,31?,32-/m1/s1. The van der Waals surface area contributed by atoms with Gasteiger partial charge in [-0.25, -0.2) is 26.8 Å². The molecule has 1 aliphatic heterocycles. The van der Waals surface area contributed by atoms with E-state index < -0.39 is 68.8 Å². The Hall–Kier alpha value is -3.13. The summed E-state index contributed by atoms with van der Waals surface area (Å²) in [5, 5.41) is 4.94. The molecule has 10 nitrogen and oxygen atoms in total. The summed E-state index contributed by atoms with van der Waals surface area (Å²) in [6.07, 6.45) is 0.788. The van der Waals surface area contributed by atoms with Gasteiger partial charge in [0.15, 0.2) is 9.84 Å². The molecule has 0 aliphatic carbocycles. The van der Waals surface area contributed by atoms with Gasteiger partial charge in [-0.1, -0.05) is 57.9 Å². The van der Waals surface area contributed by atoms with E-state index in [9.17, 15) is 26.8 Å². The number of amides is 1. The molecule has 4 N–H and O–H groups in total. The largest absolute Gasteiger partial charge is 0.458 e. The van der Waals surface area contributed by atoms with E-state index in [0.29, 0.717) is 45.3 Å². The monoisotopic (exact) mass is 681 g/mol. The number of ether oxygens (including phenoxy) is 3. The number of nitrogens with two attached hydrogens (primary N) is 1. The number of halogens is 2. The number of hydrogen-bond donors (Lipinski definition) is 3. The zero-order chi connectivity index (χ0) is 34.4. The van der Waals surface area contributed by atoms with Crippen LogP contribution in [0.2, 0.25) is 0 Å². The molecule has 1 unspecified atom stereocenters. The number of alkyl carbamates (subject to hydrolysis) is 1. The van der Waals surface area contributed by atoms with Gasteiger partial charge in [-0.15, -0.1) is 0 Å².